The molecule has 0 aromatic heterocycles. The minimum atomic E-state index is -4.33. The van der Waals surface area contributed by atoms with Gasteiger partial charge < -0.3 is 5.32 Å². The predicted molar refractivity (Wildman–Crippen MR) is 78.4 cm³/mol. The second kappa shape index (κ2) is 6.69. The average Bonchev–Trinajstić information content (AvgIpc) is 2.42. The van der Waals surface area contributed by atoms with Crippen LogP contribution in [-0.2, 0) is 19.3 Å². The number of halogens is 5. The molecule has 0 saturated carbocycles. The maximum absolute atomic E-state index is 12.6. The molecule has 0 bridgehead atoms. The zero-order chi connectivity index (χ0) is 15.5. The van der Waals surface area contributed by atoms with Gasteiger partial charge in [-0.25, -0.2) is 0 Å². The van der Waals surface area contributed by atoms with E-state index in [2.05, 4.69) is 5.32 Å². The van der Waals surface area contributed by atoms with Crippen LogP contribution < -0.4 is 5.32 Å². The lowest BCUT2D eigenvalue weighted by atomic mass is 10.1. The lowest BCUT2D eigenvalue weighted by molar-refractivity contribution is -0.137. The predicted octanol–water partition coefficient (Wildman–Crippen LogP) is 5.30. The largest absolute Gasteiger partial charge is 0.416 e. The molecule has 0 fully saturated rings. The number of hydrogen-bond acceptors (Lipinski definition) is 1. The minimum Gasteiger partial charge on any atom is -0.309 e. The van der Waals surface area contributed by atoms with Gasteiger partial charge in [-0.3, -0.25) is 0 Å². The van der Waals surface area contributed by atoms with Crippen molar-refractivity contribution in [2.45, 2.75) is 19.3 Å². The Balaban J connectivity index is 1.99. The molecule has 0 spiro atoms. The Morgan fingerprint density at radius 3 is 2.43 bits per heavy atom. The van der Waals surface area contributed by atoms with Gasteiger partial charge in [0.15, 0.2) is 0 Å². The molecule has 2 aromatic rings. The highest BCUT2D eigenvalue weighted by Crippen LogP contribution is 2.29. The lowest BCUT2D eigenvalue weighted by Gasteiger charge is -2.10. The summed E-state index contributed by atoms with van der Waals surface area (Å²) in [4.78, 5) is 0. The van der Waals surface area contributed by atoms with Crippen molar-refractivity contribution in [1.29, 1.82) is 0 Å². The maximum Gasteiger partial charge on any atom is 0.416 e. The van der Waals surface area contributed by atoms with E-state index in [9.17, 15) is 13.2 Å². The first-order valence-corrected chi connectivity index (χ1v) is 6.92. The second-order valence-corrected chi connectivity index (χ2v) is 5.38. The van der Waals surface area contributed by atoms with Crippen molar-refractivity contribution in [3.63, 3.8) is 0 Å². The summed E-state index contributed by atoms with van der Waals surface area (Å²) in [6.07, 6.45) is -4.33. The Hall–Kier alpha value is -1.23. The quantitative estimate of drug-likeness (QED) is 0.800. The van der Waals surface area contributed by atoms with Crippen molar-refractivity contribution in [3.8, 4) is 0 Å². The molecular weight excluding hydrogens is 322 g/mol. The lowest BCUT2D eigenvalue weighted by Crippen LogP contribution is -2.14. The summed E-state index contributed by atoms with van der Waals surface area (Å²) in [6.45, 7) is 0.738. The number of alkyl halides is 3. The highest BCUT2D eigenvalue weighted by molar-refractivity contribution is 6.33. The second-order valence-electron chi connectivity index (χ2n) is 4.54. The topological polar surface area (TPSA) is 12.0 Å². The van der Waals surface area contributed by atoms with Gasteiger partial charge in [-0.1, -0.05) is 41.4 Å². The summed E-state index contributed by atoms with van der Waals surface area (Å²) in [5.74, 6) is 0. The molecule has 0 aliphatic carbocycles. The molecule has 6 heteroatoms. The van der Waals surface area contributed by atoms with Crippen LogP contribution in [0.4, 0.5) is 13.2 Å². The van der Waals surface area contributed by atoms with Crippen molar-refractivity contribution < 1.29 is 13.2 Å². The summed E-state index contributed by atoms with van der Waals surface area (Å²) >= 11 is 11.9. The fourth-order valence-corrected chi connectivity index (χ4v) is 2.26. The van der Waals surface area contributed by atoms with E-state index in [0.29, 0.717) is 28.7 Å². The van der Waals surface area contributed by atoms with Gasteiger partial charge in [-0.2, -0.15) is 13.2 Å². The fourth-order valence-electron chi connectivity index (χ4n) is 1.88. The molecule has 0 atom stereocenters. The van der Waals surface area contributed by atoms with Crippen LogP contribution in [-0.4, -0.2) is 0 Å². The molecule has 0 heterocycles. The van der Waals surface area contributed by atoms with Gasteiger partial charge in [-0.15, -0.1) is 0 Å². The van der Waals surface area contributed by atoms with Crippen LogP contribution in [0.1, 0.15) is 16.7 Å². The Labute approximate surface area is 130 Å². The van der Waals surface area contributed by atoms with Gasteiger partial charge in [0, 0.05) is 23.1 Å². The Kier molecular flexibility index (Phi) is 5.14. The van der Waals surface area contributed by atoms with Crippen LogP contribution in [0.25, 0.3) is 0 Å². The zero-order valence-corrected chi connectivity index (χ0v) is 12.4. The molecule has 0 saturated heterocycles. The van der Waals surface area contributed by atoms with Crippen LogP contribution in [0.15, 0.2) is 42.5 Å². The molecule has 0 amide bonds. The first kappa shape index (κ1) is 16.1. The van der Waals surface area contributed by atoms with Crippen molar-refractivity contribution in [3.05, 3.63) is 69.2 Å². The first-order valence-electron chi connectivity index (χ1n) is 6.17. The molecule has 2 aromatic carbocycles. The monoisotopic (exact) mass is 333 g/mol. The molecule has 0 aliphatic heterocycles. The highest BCUT2D eigenvalue weighted by atomic mass is 35.5. The van der Waals surface area contributed by atoms with Gasteiger partial charge in [0.05, 0.1) is 5.56 Å². The van der Waals surface area contributed by atoms with E-state index in [0.717, 1.165) is 17.7 Å². The number of nitrogens with one attached hydrogen (secondary N) is 1. The van der Waals surface area contributed by atoms with Crippen molar-refractivity contribution in [2.75, 3.05) is 0 Å². The third-order valence-electron chi connectivity index (χ3n) is 2.91. The van der Waals surface area contributed by atoms with Crippen molar-refractivity contribution in [1.82, 2.24) is 5.32 Å². The molecule has 1 N–H and O–H groups in total. The normalized spacial score (nSPS) is 11.7. The standard InChI is InChI=1S/C15H12Cl2F3N/c16-13-4-5-14(17)11(7-13)9-21-8-10-2-1-3-12(6-10)15(18,19)20/h1-7,21H,8-9H2. The molecule has 21 heavy (non-hydrogen) atoms. The third kappa shape index (κ3) is 4.63. The van der Waals surface area contributed by atoms with Gasteiger partial charge in [0.25, 0.3) is 0 Å². The molecule has 2 rings (SSSR count). The number of benzene rings is 2. The minimum absolute atomic E-state index is 0.312. The van der Waals surface area contributed by atoms with E-state index >= 15 is 0 Å². The Bertz CT molecular complexity index is 627. The number of rotatable bonds is 4. The van der Waals surface area contributed by atoms with E-state index in [1.54, 1.807) is 24.3 Å². The SMILES string of the molecule is FC(F)(F)c1cccc(CNCc2cc(Cl)ccc2Cl)c1. The zero-order valence-electron chi connectivity index (χ0n) is 10.8. The average molecular weight is 334 g/mol. The smallest absolute Gasteiger partial charge is 0.309 e. The summed E-state index contributed by atoms with van der Waals surface area (Å²) in [5.41, 5.74) is 0.710. The molecule has 0 unspecified atom stereocenters. The van der Waals surface area contributed by atoms with E-state index in [-0.39, 0.29) is 0 Å². The Morgan fingerprint density at radius 1 is 0.952 bits per heavy atom. The van der Waals surface area contributed by atoms with Gasteiger partial charge in [-0.05, 0) is 35.4 Å². The van der Waals surface area contributed by atoms with E-state index in [1.165, 1.54) is 6.07 Å². The van der Waals surface area contributed by atoms with Gasteiger partial charge in [0.1, 0.15) is 0 Å². The van der Waals surface area contributed by atoms with Crippen LogP contribution >= 0.6 is 23.2 Å². The van der Waals surface area contributed by atoms with Crippen molar-refractivity contribution >= 4 is 23.2 Å². The first-order chi connectivity index (χ1) is 9.86. The highest BCUT2D eigenvalue weighted by Gasteiger charge is 2.30. The third-order valence-corrected chi connectivity index (χ3v) is 3.51. The summed E-state index contributed by atoms with van der Waals surface area (Å²) in [6, 6.07) is 10.3. The van der Waals surface area contributed by atoms with Crippen LogP contribution in [0.3, 0.4) is 0 Å². The maximum atomic E-state index is 12.6. The Morgan fingerprint density at radius 2 is 1.71 bits per heavy atom. The molecule has 1 nitrogen and oxygen atoms in total. The van der Waals surface area contributed by atoms with Crippen LogP contribution in [0.2, 0.25) is 10.0 Å². The van der Waals surface area contributed by atoms with Gasteiger partial charge in [0.2, 0.25) is 0 Å². The van der Waals surface area contributed by atoms with E-state index in [1.807, 2.05) is 0 Å². The van der Waals surface area contributed by atoms with Crippen molar-refractivity contribution in [2.24, 2.45) is 0 Å². The van der Waals surface area contributed by atoms with Gasteiger partial charge >= 0.3 is 6.18 Å². The van der Waals surface area contributed by atoms with Crippen LogP contribution in [0, 0.1) is 0 Å². The fraction of sp³-hybridized carbons (Fsp3) is 0.200. The molecule has 0 radical (unpaired) electrons. The number of hydrogen-bond donors (Lipinski definition) is 1. The molecule has 0 aliphatic rings. The van der Waals surface area contributed by atoms with E-state index < -0.39 is 11.7 Å². The molecule has 112 valence electrons. The summed E-state index contributed by atoms with van der Waals surface area (Å²) in [7, 11) is 0. The van der Waals surface area contributed by atoms with Crippen LogP contribution in [0.5, 0.6) is 0 Å². The molecular formula is C15H12Cl2F3N. The summed E-state index contributed by atoms with van der Waals surface area (Å²) in [5, 5.41) is 4.19. The summed E-state index contributed by atoms with van der Waals surface area (Å²) < 4.78 is 37.8. The van der Waals surface area contributed by atoms with E-state index in [4.69, 9.17) is 23.2 Å².